The van der Waals surface area contributed by atoms with Crippen molar-refractivity contribution in [2.75, 3.05) is 13.2 Å². The van der Waals surface area contributed by atoms with E-state index < -0.39 is 6.10 Å². The molecule has 0 aliphatic heterocycles. The number of ether oxygens (including phenoxy) is 3. The van der Waals surface area contributed by atoms with E-state index in [1.807, 2.05) is 0 Å². The van der Waals surface area contributed by atoms with Gasteiger partial charge in [-0.25, -0.2) is 0 Å². The summed E-state index contributed by atoms with van der Waals surface area (Å²) >= 11 is 0. The number of hydrogen-bond acceptors (Lipinski definition) is 6. The highest BCUT2D eigenvalue weighted by molar-refractivity contribution is 5.71. The monoisotopic (exact) mass is 885 g/mol. The Balaban J connectivity index is 3.93. The minimum atomic E-state index is -0.768. The molecule has 0 fully saturated rings. The van der Waals surface area contributed by atoms with E-state index in [-0.39, 0.29) is 31.1 Å². The van der Waals surface area contributed by atoms with Crippen LogP contribution < -0.4 is 0 Å². The van der Waals surface area contributed by atoms with Gasteiger partial charge in [-0.1, -0.05) is 237 Å². The van der Waals surface area contributed by atoms with Gasteiger partial charge in [0.25, 0.3) is 0 Å². The average molecular weight is 885 g/mol. The molecule has 1 atom stereocenters. The summed E-state index contributed by atoms with van der Waals surface area (Å²) in [4.78, 5) is 37.6. The molecule has 0 N–H and O–H groups in total. The Kier molecular flexibility index (Phi) is 50.3. The van der Waals surface area contributed by atoms with E-state index >= 15 is 0 Å². The first-order chi connectivity index (χ1) is 31.0. The van der Waals surface area contributed by atoms with E-state index in [9.17, 15) is 14.4 Å². The molecule has 1 unspecified atom stereocenters. The molecule has 6 nitrogen and oxygen atoms in total. The zero-order valence-electron chi connectivity index (χ0n) is 42.1. The van der Waals surface area contributed by atoms with Gasteiger partial charge < -0.3 is 14.2 Å². The molecule has 368 valence electrons. The highest BCUT2D eigenvalue weighted by Gasteiger charge is 2.19. The topological polar surface area (TPSA) is 78.9 Å². The largest absolute Gasteiger partial charge is 0.462 e. The first kappa shape index (κ1) is 60.6. The molecule has 0 rings (SSSR count). The van der Waals surface area contributed by atoms with Gasteiger partial charge in [0.1, 0.15) is 13.2 Å². The molecule has 0 aromatic carbocycles. The van der Waals surface area contributed by atoms with Crippen LogP contribution in [0.15, 0.2) is 36.5 Å². The van der Waals surface area contributed by atoms with E-state index in [0.717, 1.165) is 83.5 Å². The van der Waals surface area contributed by atoms with Gasteiger partial charge in [0.15, 0.2) is 6.10 Å². The fraction of sp³-hybridized carbons (Fsp3) is 0.842. The predicted octanol–water partition coefficient (Wildman–Crippen LogP) is 18.1. The second-order valence-electron chi connectivity index (χ2n) is 18.5. The zero-order chi connectivity index (χ0) is 45.8. The molecule has 0 radical (unpaired) electrons. The summed E-state index contributed by atoms with van der Waals surface area (Å²) in [5.74, 6) is -0.885. The van der Waals surface area contributed by atoms with Gasteiger partial charge in [-0.05, 0) is 70.6 Å². The van der Waals surface area contributed by atoms with E-state index in [1.54, 1.807) is 0 Å². The van der Waals surface area contributed by atoms with Gasteiger partial charge in [-0.3, -0.25) is 14.4 Å². The van der Waals surface area contributed by atoms with Gasteiger partial charge >= 0.3 is 17.9 Å². The molecular weight excluding hydrogens is 781 g/mol. The third-order valence-corrected chi connectivity index (χ3v) is 12.1. The Bertz CT molecular complexity index is 1060. The quantitative estimate of drug-likeness (QED) is 0.0262. The SMILES string of the molecule is CCC/C=C\CCCCCCCC(=O)OC(COC(=O)CCCCCCCC)COC(=O)CCCCCCCCCCCCCCCCCCC/C=C\C/C=C\CCCCCCC. The highest BCUT2D eigenvalue weighted by Crippen LogP contribution is 2.16. The fourth-order valence-electron chi connectivity index (χ4n) is 7.95. The number of hydrogen-bond donors (Lipinski definition) is 0. The summed E-state index contributed by atoms with van der Waals surface area (Å²) in [6.45, 7) is 6.52. The number of unbranched alkanes of at least 4 members (excludes halogenated alkanes) is 33. The molecule has 0 aliphatic rings. The number of rotatable bonds is 50. The minimum absolute atomic E-state index is 0.0727. The lowest BCUT2D eigenvalue weighted by molar-refractivity contribution is -0.167. The number of carbonyl (C=O) groups excluding carboxylic acids is 3. The smallest absolute Gasteiger partial charge is 0.306 e. The maximum absolute atomic E-state index is 12.7. The number of esters is 3. The Labute approximate surface area is 391 Å². The van der Waals surface area contributed by atoms with Crippen molar-refractivity contribution in [1.29, 1.82) is 0 Å². The predicted molar refractivity (Wildman–Crippen MR) is 270 cm³/mol. The van der Waals surface area contributed by atoms with Gasteiger partial charge in [0, 0.05) is 19.3 Å². The van der Waals surface area contributed by atoms with Crippen molar-refractivity contribution in [2.45, 2.75) is 297 Å². The molecule has 0 spiro atoms. The van der Waals surface area contributed by atoms with Crippen molar-refractivity contribution in [1.82, 2.24) is 0 Å². The molecule has 0 amide bonds. The molecule has 0 saturated carbocycles. The number of carbonyl (C=O) groups is 3. The zero-order valence-corrected chi connectivity index (χ0v) is 42.1. The van der Waals surface area contributed by atoms with Crippen LogP contribution in [-0.4, -0.2) is 37.2 Å². The Morgan fingerprint density at radius 2 is 0.603 bits per heavy atom. The van der Waals surface area contributed by atoms with Crippen molar-refractivity contribution >= 4 is 17.9 Å². The summed E-state index contributed by atoms with van der Waals surface area (Å²) in [6, 6.07) is 0. The van der Waals surface area contributed by atoms with Crippen molar-refractivity contribution in [2.24, 2.45) is 0 Å². The molecule has 0 aromatic rings. The highest BCUT2D eigenvalue weighted by atomic mass is 16.6. The second-order valence-corrected chi connectivity index (χ2v) is 18.5. The van der Waals surface area contributed by atoms with Crippen LogP contribution in [0.5, 0.6) is 0 Å². The summed E-state index contributed by atoms with van der Waals surface area (Å²) < 4.78 is 16.7. The van der Waals surface area contributed by atoms with Gasteiger partial charge in [-0.2, -0.15) is 0 Å². The van der Waals surface area contributed by atoms with Crippen LogP contribution in [-0.2, 0) is 28.6 Å². The van der Waals surface area contributed by atoms with Crippen molar-refractivity contribution in [3.8, 4) is 0 Å². The van der Waals surface area contributed by atoms with Crippen molar-refractivity contribution in [3.05, 3.63) is 36.5 Å². The molecular formula is C57H104O6. The lowest BCUT2D eigenvalue weighted by atomic mass is 10.0. The van der Waals surface area contributed by atoms with Gasteiger partial charge in [-0.15, -0.1) is 0 Å². The first-order valence-corrected chi connectivity index (χ1v) is 27.5. The van der Waals surface area contributed by atoms with Crippen LogP contribution in [0.25, 0.3) is 0 Å². The standard InChI is InChI=1S/C57H104O6/c1-4-7-10-13-16-18-20-21-22-23-24-25-26-27-28-29-30-31-32-33-34-35-36-37-38-40-41-44-47-50-56(59)62-53-54(52-61-55(58)49-46-43-15-12-9-6-3)63-57(60)51-48-45-42-39-19-17-14-11-8-5-2/h11,14,20-21,23-24,54H,4-10,12-13,15-19,22,25-53H2,1-3H3/b14-11-,21-20-,24-23-. The van der Waals surface area contributed by atoms with Crippen molar-refractivity contribution in [3.63, 3.8) is 0 Å². The lowest BCUT2D eigenvalue weighted by Crippen LogP contribution is -2.30. The van der Waals surface area contributed by atoms with E-state index in [0.29, 0.717) is 19.3 Å². The summed E-state index contributed by atoms with van der Waals surface area (Å²) in [5.41, 5.74) is 0. The van der Waals surface area contributed by atoms with Crippen LogP contribution in [0.3, 0.4) is 0 Å². The summed E-state index contributed by atoms with van der Waals surface area (Å²) in [5, 5.41) is 0. The third-order valence-electron chi connectivity index (χ3n) is 12.1. The van der Waals surface area contributed by atoms with Crippen LogP contribution in [0.4, 0.5) is 0 Å². The Hall–Kier alpha value is -2.37. The first-order valence-electron chi connectivity index (χ1n) is 27.5. The normalized spacial score (nSPS) is 12.2. The van der Waals surface area contributed by atoms with Crippen LogP contribution in [0, 0.1) is 0 Å². The Morgan fingerprint density at radius 3 is 0.952 bits per heavy atom. The molecule has 0 aliphatic carbocycles. The lowest BCUT2D eigenvalue weighted by Gasteiger charge is -2.18. The van der Waals surface area contributed by atoms with Crippen LogP contribution in [0.1, 0.15) is 290 Å². The van der Waals surface area contributed by atoms with E-state index in [2.05, 4.69) is 57.2 Å². The van der Waals surface area contributed by atoms with Crippen molar-refractivity contribution < 1.29 is 28.6 Å². The third kappa shape index (κ3) is 50.5. The molecule has 0 heterocycles. The van der Waals surface area contributed by atoms with E-state index in [4.69, 9.17) is 14.2 Å². The Morgan fingerprint density at radius 1 is 0.317 bits per heavy atom. The summed E-state index contributed by atoms with van der Waals surface area (Å²) in [6.07, 6.45) is 61.9. The minimum Gasteiger partial charge on any atom is -0.462 e. The molecule has 0 aromatic heterocycles. The molecule has 6 heteroatoms. The molecule has 0 saturated heterocycles. The molecule has 0 bridgehead atoms. The van der Waals surface area contributed by atoms with Crippen LogP contribution >= 0.6 is 0 Å². The fourth-order valence-corrected chi connectivity index (χ4v) is 7.95. The van der Waals surface area contributed by atoms with E-state index in [1.165, 1.54) is 167 Å². The number of allylic oxidation sites excluding steroid dienone is 6. The average Bonchev–Trinajstić information content (AvgIpc) is 3.28. The molecule has 63 heavy (non-hydrogen) atoms. The maximum atomic E-state index is 12.7. The second kappa shape index (κ2) is 52.3. The van der Waals surface area contributed by atoms with Gasteiger partial charge in [0.2, 0.25) is 0 Å². The van der Waals surface area contributed by atoms with Gasteiger partial charge in [0.05, 0.1) is 0 Å². The summed E-state index contributed by atoms with van der Waals surface area (Å²) in [7, 11) is 0. The van der Waals surface area contributed by atoms with Crippen LogP contribution in [0.2, 0.25) is 0 Å². The maximum Gasteiger partial charge on any atom is 0.306 e.